The minimum Gasteiger partial charge on any atom is -0.494 e. The quantitative estimate of drug-likeness (QED) is 0.591. The molecule has 0 aliphatic heterocycles. The molecule has 0 aliphatic carbocycles. The fourth-order valence-electron chi connectivity index (χ4n) is 3.19. The second-order valence-corrected chi connectivity index (χ2v) is 8.12. The molecule has 0 spiro atoms. The molecule has 5 nitrogen and oxygen atoms in total. The number of aryl methyl sites for hydroxylation is 2. The SMILES string of the molecule is Cc1ccc(OCCCC(=O)N(Cc2cccc(C)c2)[C@H](C)C(=O)NC(C)C)cc1. The molecule has 0 heterocycles. The summed E-state index contributed by atoms with van der Waals surface area (Å²) in [5.74, 6) is 0.617. The Bertz CT molecular complexity index is 831. The van der Waals surface area contributed by atoms with Crippen LogP contribution in [-0.2, 0) is 16.1 Å². The molecule has 162 valence electrons. The third-order valence-corrected chi connectivity index (χ3v) is 4.86. The first kappa shape index (κ1) is 23.5. The Morgan fingerprint density at radius 3 is 2.33 bits per heavy atom. The van der Waals surface area contributed by atoms with Crippen molar-refractivity contribution < 1.29 is 14.3 Å². The molecule has 30 heavy (non-hydrogen) atoms. The van der Waals surface area contributed by atoms with Crippen molar-refractivity contribution >= 4 is 11.8 Å². The molecule has 0 fully saturated rings. The van der Waals surface area contributed by atoms with Crippen LogP contribution in [-0.4, -0.2) is 35.4 Å². The van der Waals surface area contributed by atoms with Gasteiger partial charge >= 0.3 is 0 Å². The van der Waals surface area contributed by atoms with Gasteiger partial charge in [-0.2, -0.15) is 0 Å². The molecule has 0 radical (unpaired) electrons. The Hall–Kier alpha value is -2.82. The van der Waals surface area contributed by atoms with Crippen LogP contribution in [0.15, 0.2) is 48.5 Å². The first-order valence-corrected chi connectivity index (χ1v) is 10.6. The van der Waals surface area contributed by atoms with Gasteiger partial charge in [0.25, 0.3) is 0 Å². The van der Waals surface area contributed by atoms with E-state index in [9.17, 15) is 9.59 Å². The number of rotatable bonds is 10. The minimum atomic E-state index is -0.543. The van der Waals surface area contributed by atoms with E-state index in [0.29, 0.717) is 26.0 Å². The van der Waals surface area contributed by atoms with Gasteiger partial charge in [0.1, 0.15) is 11.8 Å². The highest BCUT2D eigenvalue weighted by Crippen LogP contribution is 2.15. The van der Waals surface area contributed by atoms with Crippen LogP contribution in [0.3, 0.4) is 0 Å². The van der Waals surface area contributed by atoms with E-state index in [1.807, 2.05) is 76.2 Å². The van der Waals surface area contributed by atoms with Gasteiger partial charge in [0.2, 0.25) is 11.8 Å². The molecule has 2 rings (SSSR count). The normalized spacial score (nSPS) is 11.8. The van der Waals surface area contributed by atoms with Crippen LogP contribution in [0.2, 0.25) is 0 Å². The van der Waals surface area contributed by atoms with E-state index in [0.717, 1.165) is 16.9 Å². The van der Waals surface area contributed by atoms with E-state index in [2.05, 4.69) is 5.32 Å². The smallest absolute Gasteiger partial charge is 0.242 e. The highest BCUT2D eigenvalue weighted by atomic mass is 16.5. The summed E-state index contributed by atoms with van der Waals surface area (Å²) in [5, 5.41) is 2.91. The fourth-order valence-corrected chi connectivity index (χ4v) is 3.19. The van der Waals surface area contributed by atoms with Gasteiger partial charge in [-0.3, -0.25) is 9.59 Å². The maximum absolute atomic E-state index is 13.0. The molecule has 5 heteroatoms. The molecule has 0 bridgehead atoms. The number of amides is 2. The van der Waals surface area contributed by atoms with Crippen molar-refractivity contribution in [2.75, 3.05) is 6.61 Å². The van der Waals surface area contributed by atoms with Crippen LogP contribution in [0.4, 0.5) is 0 Å². The summed E-state index contributed by atoms with van der Waals surface area (Å²) in [6.07, 6.45) is 0.923. The van der Waals surface area contributed by atoms with Crippen LogP contribution >= 0.6 is 0 Å². The Kier molecular flexibility index (Phi) is 8.90. The Labute approximate surface area is 180 Å². The lowest BCUT2D eigenvalue weighted by Crippen LogP contribution is -2.49. The van der Waals surface area contributed by atoms with Gasteiger partial charge in [0.15, 0.2) is 0 Å². The van der Waals surface area contributed by atoms with Gasteiger partial charge in [-0.05, 0) is 58.7 Å². The number of ether oxygens (including phenoxy) is 1. The van der Waals surface area contributed by atoms with Gasteiger partial charge in [-0.15, -0.1) is 0 Å². The number of hydrogen-bond donors (Lipinski definition) is 1. The lowest BCUT2D eigenvalue weighted by Gasteiger charge is -2.29. The highest BCUT2D eigenvalue weighted by Gasteiger charge is 2.26. The highest BCUT2D eigenvalue weighted by molar-refractivity contribution is 5.87. The number of nitrogens with one attached hydrogen (secondary N) is 1. The predicted octanol–water partition coefficient (Wildman–Crippen LogP) is 4.40. The number of hydrogen-bond acceptors (Lipinski definition) is 3. The van der Waals surface area contributed by atoms with E-state index in [-0.39, 0.29) is 17.9 Å². The molecule has 0 aliphatic rings. The second-order valence-electron chi connectivity index (χ2n) is 8.12. The zero-order chi connectivity index (χ0) is 22.1. The molecule has 1 atom stereocenters. The second kappa shape index (κ2) is 11.4. The molecule has 2 amide bonds. The molecular weight excluding hydrogens is 376 g/mol. The summed E-state index contributed by atoms with van der Waals surface area (Å²) < 4.78 is 5.74. The maximum Gasteiger partial charge on any atom is 0.242 e. The lowest BCUT2D eigenvalue weighted by molar-refractivity contribution is -0.141. The van der Waals surface area contributed by atoms with Crippen molar-refractivity contribution in [3.63, 3.8) is 0 Å². The molecule has 2 aromatic carbocycles. The monoisotopic (exact) mass is 410 g/mol. The van der Waals surface area contributed by atoms with Crippen LogP contribution in [0.1, 0.15) is 50.3 Å². The molecule has 0 aromatic heterocycles. The summed E-state index contributed by atoms with van der Waals surface area (Å²) in [4.78, 5) is 27.2. The largest absolute Gasteiger partial charge is 0.494 e. The van der Waals surface area contributed by atoms with Gasteiger partial charge in [-0.25, -0.2) is 0 Å². The molecule has 0 saturated heterocycles. The summed E-state index contributed by atoms with van der Waals surface area (Å²) >= 11 is 0. The zero-order valence-electron chi connectivity index (χ0n) is 18.8. The number of nitrogens with zero attached hydrogens (tertiary/aromatic N) is 1. The summed E-state index contributed by atoms with van der Waals surface area (Å²) in [7, 11) is 0. The van der Waals surface area contributed by atoms with Crippen LogP contribution < -0.4 is 10.1 Å². The molecule has 0 unspecified atom stereocenters. The van der Waals surface area contributed by atoms with Crippen molar-refractivity contribution in [2.45, 2.75) is 66.1 Å². The standard InChI is InChI=1S/C25H34N2O3/c1-18(2)26-25(29)21(5)27(17-22-9-6-8-20(4)16-22)24(28)10-7-15-30-23-13-11-19(3)12-14-23/h6,8-9,11-14,16,18,21H,7,10,15,17H2,1-5H3,(H,26,29)/t21-/m1/s1. The summed E-state index contributed by atoms with van der Waals surface area (Å²) in [6, 6.07) is 15.4. The van der Waals surface area contributed by atoms with Gasteiger partial charge in [0, 0.05) is 19.0 Å². The zero-order valence-corrected chi connectivity index (χ0v) is 18.8. The summed E-state index contributed by atoms with van der Waals surface area (Å²) in [5.41, 5.74) is 3.33. The van der Waals surface area contributed by atoms with E-state index in [4.69, 9.17) is 4.74 Å². The van der Waals surface area contributed by atoms with Crippen LogP contribution in [0, 0.1) is 13.8 Å². The maximum atomic E-state index is 13.0. The van der Waals surface area contributed by atoms with Crippen molar-refractivity contribution in [3.05, 3.63) is 65.2 Å². The number of carbonyl (C=O) groups excluding carboxylic acids is 2. The predicted molar refractivity (Wildman–Crippen MR) is 120 cm³/mol. The minimum absolute atomic E-state index is 0.0266. The van der Waals surface area contributed by atoms with Gasteiger partial charge < -0.3 is 15.0 Å². The lowest BCUT2D eigenvalue weighted by atomic mass is 10.1. The van der Waals surface area contributed by atoms with Crippen molar-refractivity contribution in [2.24, 2.45) is 0 Å². The van der Waals surface area contributed by atoms with E-state index in [1.165, 1.54) is 5.56 Å². The van der Waals surface area contributed by atoms with E-state index < -0.39 is 6.04 Å². The van der Waals surface area contributed by atoms with Crippen molar-refractivity contribution in [1.82, 2.24) is 10.2 Å². The third-order valence-electron chi connectivity index (χ3n) is 4.86. The van der Waals surface area contributed by atoms with Crippen LogP contribution in [0.5, 0.6) is 5.75 Å². The van der Waals surface area contributed by atoms with E-state index >= 15 is 0 Å². The topological polar surface area (TPSA) is 58.6 Å². The van der Waals surface area contributed by atoms with Crippen LogP contribution in [0.25, 0.3) is 0 Å². The van der Waals surface area contributed by atoms with E-state index in [1.54, 1.807) is 11.8 Å². The molecule has 1 N–H and O–H groups in total. The first-order chi connectivity index (χ1) is 14.3. The molecule has 2 aromatic rings. The van der Waals surface area contributed by atoms with Crippen molar-refractivity contribution in [3.8, 4) is 5.75 Å². The third kappa shape index (κ3) is 7.54. The van der Waals surface area contributed by atoms with Gasteiger partial charge in [0.05, 0.1) is 6.61 Å². The van der Waals surface area contributed by atoms with Crippen molar-refractivity contribution in [1.29, 1.82) is 0 Å². The Morgan fingerprint density at radius 1 is 1.00 bits per heavy atom. The molecule has 0 saturated carbocycles. The number of benzene rings is 2. The first-order valence-electron chi connectivity index (χ1n) is 10.6. The molecular formula is C25H34N2O3. The van der Waals surface area contributed by atoms with Gasteiger partial charge in [-0.1, -0.05) is 47.5 Å². The number of carbonyl (C=O) groups is 2. The Balaban J connectivity index is 1.99. The fraction of sp³-hybridized carbons (Fsp3) is 0.440. The summed E-state index contributed by atoms with van der Waals surface area (Å²) in [6.45, 7) is 10.5. The Morgan fingerprint density at radius 2 is 1.70 bits per heavy atom. The average molecular weight is 411 g/mol. The average Bonchev–Trinajstić information content (AvgIpc) is 2.69.